The average molecular weight is 255 g/mol. The fraction of sp³-hybridized carbons (Fsp3) is 0.333. The van der Waals surface area contributed by atoms with Gasteiger partial charge in [0.25, 0.3) is 0 Å². The summed E-state index contributed by atoms with van der Waals surface area (Å²) in [4.78, 5) is 0. The van der Waals surface area contributed by atoms with Crippen LogP contribution in [-0.2, 0) is 0 Å². The highest BCUT2D eigenvalue weighted by Crippen LogP contribution is 2.76. The van der Waals surface area contributed by atoms with Gasteiger partial charge in [-0.25, -0.2) is 4.40 Å². The Morgan fingerprint density at radius 1 is 1.58 bits per heavy atom. The molecule has 68 valence electrons. The first-order valence-corrected chi connectivity index (χ1v) is 11.4. The van der Waals surface area contributed by atoms with Gasteiger partial charge in [0, 0.05) is 10.4 Å². The maximum absolute atomic E-state index is 4.48. The van der Waals surface area contributed by atoms with Crippen molar-refractivity contribution in [3.05, 3.63) is 10.2 Å². The molecule has 0 radical (unpaired) electrons. The summed E-state index contributed by atoms with van der Waals surface area (Å²) in [5, 5.41) is 0. The number of hydrogen-bond donors (Lipinski definition) is 0. The maximum Gasteiger partial charge on any atom is 0.0495 e. The summed E-state index contributed by atoms with van der Waals surface area (Å²) in [6.45, 7) is 4.24. The van der Waals surface area contributed by atoms with Gasteiger partial charge in [0.05, 0.1) is 0 Å². The summed E-state index contributed by atoms with van der Waals surface area (Å²) in [6, 6.07) is 0. The van der Waals surface area contributed by atoms with Crippen molar-refractivity contribution in [3.63, 3.8) is 0 Å². The van der Waals surface area contributed by atoms with Crippen LogP contribution in [0.5, 0.6) is 0 Å². The monoisotopic (exact) mass is 255 g/mol. The Labute approximate surface area is 84.0 Å². The highest BCUT2D eigenvalue weighted by molar-refractivity contribution is 8.65. The Balaban J connectivity index is 3.00. The molecule has 1 aliphatic heterocycles. The molecule has 0 aromatic heterocycles. The number of rotatable bonds is 2. The lowest BCUT2D eigenvalue weighted by Gasteiger charge is -2.12. The molecule has 12 heavy (non-hydrogen) atoms. The van der Waals surface area contributed by atoms with E-state index in [1.54, 1.807) is 0 Å². The van der Waals surface area contributed by atoms with Crippen LogP contribution in [0.3, 0.4) is 0 Å². The predicted octanol–water partition coefficient (Wildman–Crippen LogP) is 3.96. The third kappa shape index (κ3) is 2.23. The molecule has 0 saturated heterocycles. The molecule has 0 spiro atoms. The topological polar surface area (TPSA) is 12.4 Å². The molecular weight excluding hydrogens is 242 g/mol. The van der Waals surface area contributed by atoms with Gasteiger partial charge in [0.1, 0.15) is 0 Å². The van der Waals surface area contributed by atoms with Gasteiger partial charge in [-0.15, -0.1) is 17.9 Å². The quantitative estimate of drug-likeness (QED) is 0.523. The molecule has 0 aromatic rings. The lowest BCUT2D eigenvalue weighted by molar-refractivity contribution is 1.58. The first kappa shape index (κ1) is 11.4. The maximum atomic E-state index is 4.48. The van der Waals surface area contributed by atoms with E-state index in [0.29, 0.717) is 0 Å². The largest absolute Gasteiger partial charge is 0.224 e. The van der Waals surface area contributed by atoms with Crippen molar-refractivity contribution in [3.8, 4) is 0 Å². The molecule has 0 amide bonds. The zero-order chi connectivity index (χ0) is 9.30. The second-order valence-electron chi connectivity index (χ2n) is 2.47. The lowest BCUT2D eigenvalue weighted by Crippen LogP contribution is -1.86. The molecule has 1 rings (SSSR count). The Hall–Kier alpha value is 1.35. The van der Waals surface area contributed by atoms with Crippen LogP contribution in [0.25, 0.3) is 0 Å². The van der Waals surface area contributed by atoms with E-state index in [0.717, 1.165) is 7.96 Å². The fourth-order valence-corrected chi connectivity index (χ4v) is 9.65. The van der Waals surface area contributed by atoms with Crippen LogP contribution in [0.1, 0.15) is 13.8 Å². The van der Waals surface area contributed by atoms with Gasteiger partial charge < -0.3 is 0 Å². The van der Waals surface area contributed by atoms with E-state index in [-0.39, 0.29) is 18.0 Å². The summed E-state index contributed by atoms with van der Waals surface area (Å²) >= 11 is 0. The van der Waals surface area contributed by atoms with Crippen LogP contribution in [0.4, 0.5) is 0 Å². The van der Waals surface area contributed by atoms with Crippen LogP contribution in [0.2, 0.25) is 0 Å². The number of allylic oxidation sites excluding steroid dienone is 1. The molecule has 0 aromatic carbocycles. The minimum Gasteiger partial charge on any atom is -0.224 e. The van der Waals surface area contributed by atoms with Crippen LogP contribution in [-0.4, -0.2) is 11.6 Å². The summed E-state index contributed by atoms with van der Waals surface area (Å²) in [5.74, 6) is 4.07. The Kier molecular flexibility index (Phi) is 4.50. The minimum absolute atomic E-state index is 0.0625. The third-order valence-electron chi connectivity index (χ3n) is 1.69. The molecule has 1 heterocycles. The van der Waals surface area contributed by atoms with E-state index in [1.807, 2.05) is 0 Å². The van der Waals surface area contributed by atoms with Crippen LogP contribution in [0, 0.1) is 0 Å². The SMILES string of the molecule is C=S1N=C(C)C(C)=C1P(P)PP. The molecule has 0 aliphatic carbocycles. The second kappa shape index (κ2) is 4.72. The normalized spacial score (nSPS) is 27.0. The van der Waals surface area contributed by atoms with Crippen LogP contribution < -0.4 is 0 Å². The van der Waals surface area contributed by atoms with Gasteiger partial charge >= 0.3 is 0 Å². The average Bonchev–Trinajstić information content (AvgIpc) is 2.26. The molecule has 1 nitrogen and oxygen atoms in total. The fourth-order valence-electron chi connectivity index (χ4n) is 0.961. The van der Waals surface area contributed by atoms with Gasteiger partial charge in [-0.1, -0.05) is 7.96 Å². The van der Waals surface area contributed by atoms with E-state index in [2.05, 4.69) is 42.0 Å². The summed E-state index contributed by atoms with van der Waals surface area (Å²) in [5.41, 5.74) is 2.56. The van der Waals surface area contributed by atoms with E-state index >= 15 is 0 Å². The lowest BCUT2D eigenvalue weighted by atomic mass is 10.2. The van der Waals surface area contributed by atoms with Gasteiger partial charge in [-0.2, -0.15) is 0 Å². The van der Waals surface area contributed by atoms with Crippen molar-refractivity contribution in [2.24, 2.45) is 4.40 Å². The summed E-state index contributed by atoms with van der Waals surface area (Å²) in [7, 11) is 6.52. The highest BCUT2D eigenvalue weighted by Gasteiger charge is 2.19. The zero-order valence-corrected chi connectivity index (χ0v) is 12.2. The smallest absolute Gasteiger partial charge is 0.0495 e. The Morgan fingerprint density at radius 2 is 2.17 bits per heavy atom. The first-order chi connectivity index (χ1) is 5.57. The highest BCUT2D eigenvalue weighted by atomic mass is 32.6. The molecule has 0 saturated carbocycles. The van der Waals surface area contributed by atoms with Crippen molar-refractivity contribution in [2.45, 2.75) is 13.8 Å². The van der Waals surface area contributed by atoms with Gasteiger partial charge in [0.2, 0.25) is 0 Å². The molecule has 0 bridgehead atoms. The van der Waals surface area contributed by atoms with Gasteiger partial charge in [-0.3, -0.25) is 0 Å². The van der Waals surface area contributed by atoms with E-state index in [4.69, 9.17) is 0 Å². The summed E-state index contributed by atoms with van der Waals surface area (Å²) < 4.78 is 5.96. The Morgan fingerprint density at radius 3 is 2.50 bits per heavy atom. The molecule has 0 N–H and O–H groups in total. The Bertz CT molecular complexity index is 283. The molecule has 5 unspecified atom stereocenters. The standard InChI is InChI=1S/C6H13NP4S/c1-4-5(2)7-12(3)6(4)11(9)10-8/h10H,3,8-9H2,1-2H3. The molecule has 0 fully saturated rings. The van der Waals surface area contributed by atoms with Crippen molar-refractivity contribution in [2.75, 3.05) is 0 Å². The molecule has 6 heteroatoms. The molecule has 1 aliphatic rings. The summed E-state index contributed by atoms with van der Waals surface area (Å²) in [6.07, 6.45) is 0. The van der Waals surface area contributed by atoms with Crippen molar-refractivity contribution < 1.29 is 0 Å². The van der Waals surface area contributed by atoms with E-state index in [9.17, 15) is 0 Å². The van der Waals surface area contributed by atoms with Crippen molar-refractivity contribution in [1.82, 2.24) is 0 Å². The van der Waals surface area contributed by atoms with Crippen molar-refractivity contribution >= 4 is 55.4 Å². The predicted molar refractivity (Wildman–Crippen MR) is 75.2 cm³/mol. The van der Waals surface area contributed by atoms with Crippen LogP contribution in [0.15, 0.2) is 14.6 Å². The van der Waals surface area contributed by atoms with Gasteiger partial charge in [0.15, 0.2) is 0 Å². The third-order valence-corrected chi connectivity index (χ3v) is 15.1. The molecular formula is C6H13NP4S. The first-order valence-electron chi connectivity index (χ1n) is 3.39. The zero-order valence-electron chi connectivity index (χ0n) is 7.16. The number of hydrogen-bond acceptors (Lipinski definition) is 1. The van der Waals surface area contributed by atoms with E-state index in [1.165, 1.54) is 15.9 Å². The van der Waals surface area contributed by atoms with E-state index < -0.39 is 0 Å². The van der Waals surface area contributed by atoms with Crippen molar-refractivity contribution in [1.29, 1.82) is 0 Å². The number of nitrogens with zero attached hydrogens (tertiary/aromatic N) is 1. The second-order valence-corrected chi connectivity index (χ2v) is 13.2. The molecule has 5 atom stereocenters. The van der Waals surface area contributed by atoms with Gasteiger partial charge in [-0.05, 0) is 43.3 Å². The van der Waals surface area contributed by atoms with Crippen LogP contribution >= 0.6 is 43.8 Å². The minimum atomic E-state index is -0.0816.